The molecule has 96 valence electrons. The summed E-state index contributed by atoms with van der Waals surface area (Å²) in [5.74, 6) is 0.712. The fourth-order valence-electron chi connectivity index (χ4n) is 1.62. The van der Waals surface area contributed by atoms with Crippen LogP contribution in [0.2, 0.25) is 0 Å². The Morgan fingerprint density at radius 3 is 2.32 bits per heavy atom. The van der Waals surface area contributed by atoms with Gasteiger partial charge in [0.05, 0.1) is 13.2 Å². The molecule has 0 bridgehead atoms. The molecule has 0 aliphatic carbocycles. The zero-order valence-electron chi connectivity index (χ0n) is 11.0. The van der Waals surface area contributed by atoms with Gasteiger partial charge in [-0.15, -0.1) is 0 Å². The quantitative estimate of drug-likeness (QED) is 0.477. The van der Waals surface area contributed by atoms with Gasteiger partial charge in [-0.1, -0.05) is 0 Å². The highest BCUT2D eigenvalue weighted by molar-refractivity contribution is 6.05. The first kappa shape index (κ1) is 13.0. The van der Waals surface area contributed by atoms with Gasteiger partial charge < -0.3 is 4.74 Å². The van der Waals surface area contributed by atoms with Crippen LogP contribution < -0.4 is 9.30 Å². The largest absolute Gasteiger partial charge is 0.497 e. The second-order valence-corrected chi connectivity index (χ2v) is 4.23. The third-order valence-electron chi connectivity index (χ3n) is 2.79. The predicted octanol–water partition coefficient (Wildman–Crippen LogP) is 2.64. The zero-order chi connectivity index (χ0) is 13.7. The van der Waals surface area contributed by atoms with E-state index in [1.165, 1.54) is 5.56 Å². The van der Waals surface area contributed by atoms with E-state index < -0.39 is 0 Å². The zero-order valence-corrected chi connectivity index (χ0v) is 11.0. The summed E-state index contributed by atoms with van der Waals surface area (Å²) >= 11 is 0. The van der Waals surface area contributed by atoms with E-state index in [0.717, 1.165) is 5.75 Å². The fraction of sp³-hybridized carbons (Fsp3) is 0.125. The number of hydrogen-bond donors (Lipinski definition) is 0. The van der Waals surface area contributed by atoms with Crippen LogP contribution >= 0.6 is 0 Å². The summed E-state index contributed by atoms with van der Waals surface area (Å²) in [4.78, 5) is 11.9. The van der Waals surface area contributed by atoms with Gasteiger partial charge in [-0.3, -0.25) is 4.79 Å². The van der Waals surface area contributed by atoms with Crippen molar-refractivity contribution in [1.82, 2.24) is 0 Å². The number of ketones is 1. The van der Waals surface area contributed by atoms with Crippen molar-refractivity contribution in [3.63, 3.8) is 0 Å². The molecule has 0 aliphatic rings. The van der Waals surface area contributed by atoms with Gasteiger partial charge in [-0.05, 0) is 36.8 Å². The molecule has 0 atom stereocenters. The summed E-state index contributed by atoms with van der Waals surface area (Å²) in [6.45, 7) is 2.02. The van der Waals surface area contributed by atoms with Crippen LogP contribution in [0.15, 0.2) is 54.9 Å². The van der Waals surface area contributed by atoms with E-state index in [1.807, 2.05) is 36.0 Å². The molecule has 1 aromatic carbocycles. The lowest BCUT2D eigenvalue weighted by Crippen LogP contribution is -2.24. The summed E-state index contributed by atoms with van der Waals surface area (Å²) in [6.07, 6.45) is 7.11. The number of ether oxygens (including phenoxy) is 1. The predicted molar refractivity (Wildman–Crippen MR) is 74.0 cm³/mol. The van der Waals surface area contributed by atoms with Gasteiger partial charge in [0.25, 0.3) is 0 Å². The van der Waals surface area contributed by atoms with Gasteiger partial charge in [0, 0.05) is 17.7 Å². The number of hydrogen-bond acceptors (Lipinski definition) is 2. The van der Waals surface area contributed by atoms with Gasteiger partial charge in [0.15, 0.2) is 24.4 Å². The first-order valence-electron chi connectivity index (χ1n) is 6.03. The summed E-state index contributed by atoms with van der Waals surface area (Å²) < 4.78 is 6.90. The van der Waals surface area contributed by atoms with Gasteiger partial charge in [-0.25, -0.2) is 0 Å². The molecule has 0 amide bonds. The molecule has 0 N–H and O–H groups in total. The van der Waals surface area contributed by atoms with Gasteiger partial charge in [0.1, 0.15) is 5.75 Å². The molecule has 0 saturated carbocycles. The lowest BCUT2D eigenvalue weighted by molar-refractivity contribution is -0.568. The Balaban J connectivity index is 2.09. The second kappa shape index (κ2) is 5.96. The molecule has 1 heterocycles. The molecule has 2 aromatic rings. The average Bonchev–Trinajstić information content (AvgIpc) is 2.46. The Hall–Kier alpha value is -2.42. The first-order chi connectivity index (χ1) is 9.19. The minimum Gasteiger partial charge on any atom is -0.497 e. The molecule has 19 heavy (non-hydrogen) atoms. The Morgan fingerprint density at radius 2 is 1.74 bits per heavy atom. The molecular formula is C16H16NO2+. The number of aryl methyl sites for hydroxylation is 1. The maximum atomic E-state index is 11.9. The monoisotopic (exact) mass is 254 g/mol. The third-order valence-corrected chi connectivity index (χ3v) is 2.79. The number of pyridine rings is 1. The topological polar surface area (TPSA) is 30.2 Å². The van der Waals surface area contributed by atoms with Gasteiger partial charge in [0.2, 0.25) is 0 Å². The van der Waals surface area contributed by atoms with Crippen LogP contribution in [-0.2, 0) is 0 Å². The van der Waals surface area contributed by atoms with E-state index in [9.17, 15) is 4.79 Å². The van der Waals surface area contributed by atoms with Crippen LogP contribution in [0.4, 0.5) is 0 Å². The van der Waals surface area contributed by atoms with Crippen LogP contribution in [0.5, 0.6) is 5.75 Å². The maximum Gasteiger partial charge on any atom is 0.191 e. The number of benzene rings is 1. The minimum absolute atomic E-state index is 0.0317. The summed E-state index contributed by atoms with van der Waals surface area (Å²) in [5.41, 5.74) is 1.83. The molecule has 0 unspecified atom stereocenters. The molecular weight excluding hydrogens is 238 g/mol. The van der Waals surface area contributed by atoms with Crippen molar-refractivity contribution < 1.29 is 14.1 Å². The molecule has 0 saturated heterocycles. The fourth-order valence-corrected chi connectivity index (χ4v) is 1.62. The number of nitrogens with zero attached hydrogens (tertiary/aromatic N) is 1. The Labute approximate surface area is 112 Å². The van der Waals surface area contributed by atoms with Crippen LogP contribution in [0, 0.1) is 6.92 Å². The molecule has 1 aromatic heterocycles. The molecule has 0 aliphatic heterocycles. The van der Waals surface area contributed by atoms with Crippen molar-refractivity contribution in [2.24, 2.45) is 0 Å². The number of allylic oxidation sites excluding steroid dienone is 1. The van der Waals surface area contributed by atoms with E-state index in [0.29, 0.717) is 5.56 Å². The Kier molecular flexibility index (Phi) is 4.08. The number of methoxy groups -OCH3 is 1. The lowest BCUT2D eigenvalue weighted by Gasteiger charge is -1.99. The van der Waals surface area contributed by atoms with Gasteiger partial charge >= 0.3 is 0 Å². The normalized spacial score (nSPS) is 10.6. The summed E-state index contributed by atoms with van der Waals surface area (Å²) in [5, 5.41) is 0. The number of carbonyl (C=O) groups excluding carboxylic acids is 1. The number of aromatic nitrogens is 1. The van der Waals surface area contributed by atoms with Crippen LogP contribution in [0.1, 0.15) is 15.9 Å². The maximum absolute atomic E-state index is 11.9. The highest BCUT2D eigenvalue weighted by atomic mass is 16.5. The standard InChI is InChI=1S/C16H16NO2/c1-13-7-10-17(11-8-13)12-9-16(18)14-3-5-15(19-2)6-4-14/h3-12H,1-2H3/q+1/b12-9+. The smallest absolute Gasteiger partial charge is 0.191 e. The number of carbonyl (C=O) groups is 1. The summed E-state index contributed by atoms with van der Waals surface area (Å²) in [7, 11) is 1.60. The third kappa shape index (κ3) is 3.52. The Bertz CT molecular complexity index is 583. The van der Waals surface area contributed by atoms with Crippen molar-refractivity contribution in [2.75, 3.05) is 7.11 Å². The highest BCUT2D eigenvalue weighted by Crippen LogP contribution is 2.11. The molecule has 0 spiro atoms. The van der Waals surface area contributed by atoms with E-state index in [4.69, 9.17) is 4.74 Å². The van der Waals surface area contributed by atoms with Gasteiger partial charge in [-0.2, -0.15) is 4.57 Å². The molecule has 0 fully saturated rings. The minimum atomic E-state index is -0.0317. The van der Waals surface area contributed by atoms with Crippen LogP contribution in [0.25, 0.3) is 6.20 Å². The highest BCUT2D eigenvalue weighted by Gasteiger charge is 2.03. The second-order valence-electron chi connectivity index (χ2n) is 4.23. The molecule has 2 rings (SSSR count). The average molecular weight is 254 g/mol. The van der Waals surface area contributed by atoms with Crippen LogP contribution in [0.3, 0.4) is 0 Å². The van der Waals surface area contributed by atoms with Crippen LogP contribution in [-0.4, -0.2) is 12.9 Å². The van der Waals surface area contributed by atoms with E-state index in [1.54, 1.807) is 43.7 Å². The lowest BCUT2D eigenvalue weighted by atomic mass is 10.1. The summed E-state index contributed by atoms with van der Waals surface area (Å²) in [6, 6.07) is 11.0. The van der Waals surface area contributed by atoms with Crippen molar-refractivity contribution in [3.05, 3.63) is 66.0 Å². The van der Waals surface area contributed by atoms with Crippen molar-refractivity contribution in [1.29, 1.82) is 0 Å². The van der Waals surface area contributed by atoms with Crippen molar-refractivity contribution in [2.45, 2.75) is 6.92 Å². The molecule has 0 radical (unpaired) electrons. The SMILES string of the molecule is COc1ccc(C(=O)/C=C/[n+]2ccc(C)cc2)cc1. The Morgan fingerprint density at radius 1 is 1.11 bits per heavy atom. The van der Waals surface area contributed by atoms with E-state index in [-0.39, 0.29) is 5.78 Å². The van der Waals surface area contributed by atoms with E-state index >= 15 is 0 Å². The molecule has 3 heteroatoms. The van der Waals surface area contributed by atoms with Crippen molar-refractivity contribution in [3.8, 4) is 5.75 Å². The van der Waals surface area contributed by atoms with Crippen molar-refractivity contribution >= 4 is 12.0 Å². The van der Waals surface area contributed by atoms with E-state index in [2.05, 4.69) is 0 Å². The first-order valence-corrected chi connectivity index (χ1v) is 6.03. The number of rotatable bonds is 4. The molecule has 3 nitrogen and oxygen atoms in total.